The molecule has 0 spiro atoms. The van der Waals surface area contributed by atoms with Gasteiger partial charge in [0.25, 0.3) is 0 Å². The number of benzene rings is 1. The minimum Gasteiger partial charge on any atom is -0.308 e. The van der Waals surface area contributed by atoms with Crippen LogP contribution < -0.4 is 5.32 Å². The largest absolute Gasteiger partial charge is 0.308 e. The summed E-state index contributed by atoms with van der Waals surface area (Å²) in [6, 6.07) is 4.18. The number of piperidine rings is 1. The molecule has 0 aliphatic carbocycles. The molecule has 4 aromatic rings. The molecule has 0 saturated carbocycles. The number of nitrogens with one attached hydrogen (secondary N) is 2. The van der Waals surface area contributed by atoms with Crippen LogP contribution in [0, 0.1) is 18.6 Å². The van der Waals surface area contributed by atoms with Gasteiger partial charge < -0.3 is 9.88 Å². The van der Waals surface area contributed by atoms with Crippen molar-refractivity contribution in [2.45, 2.75) is 64.6 Å². The van der Waals surface area contributed by atoms with Crippen LogP contribution in [0.4, 0.5) is 8.78 Å². The number of nitrogens with zero attached hydrogens (tertiary/aromatic N) is 5. The molecule has 1 aliphatic heterocycles. The standard InChI is InChI=1S/C24H27F2N7/c1-13-29-21-8-20(17-7-18(25)16(6-19(17)26)14-11-27-28-12-14)30-31-22(21)33(13)15-9-23(2,3)32-24(4,5)10-15/h6-8,11-12,15,32H,9-10H2,1-5H3,(H,27,28). The number of aromatic amines is 1. The summed E-state index contributed by atoms with van der Waals surface area (Å²) in [5.41, 5.74) is 2.09. The van der Waals surface area contributed by atoms with Gasteiger partial charge in [-0.2, -0.15) is 5.10 Å². The minimum atomic E-state index is -0.584. The fourth-order valence-electron chi connectivity index (χ4n) is 5.39. The van der Waals surface area contributed by atoms with Crippen LogP contribution in [-0.2, 0) is 0 Å². The molecule has 7 nitrogen and oxygen atoms in total. The van der Waals surface area contributed by atoms with Crippen molar-refractivity contribution in [1.82, 2.24) is 35.3 Å². The number of rotatable bonds is 3. The van der Waals surface area contributed by atoms with Crippen molar-refractivity contribution in [3.8, 4) is 22.4 Å². The zero-order valence-electron chi connectivity index (χ0n) is 19.4. The second kappa shape index (κ2) is 7.41. The van der Waals surface area contributed by atoms with Crippen molar-refractivity contribution in [3.63, 3.8) is 0 Å². The van der Waals surface area contributed by atoms with Crippen molar-refractivity contribution >= 4 is 11.2 Å². The maximum absolute atomic E-state index is 15.0. The third-order valence-electron chi connectivity index (χ3n) is 6.29. The number of aromatic nitrogens is 6. The van der Waals surface area contributed by atoms with Crippen LogP contribution >= 0.6 is 0 Å². The minimum absolute atomic E-state index is 0.0415. The predicted octanol–water partition coefficient (Wildman–Crippen LogP) is 4.95. The summed E-state index contributed by atoms with van der Waals surface area (Å²) in [5, 5.41) is 18.8. The molecule has 0 atom stereocenters. The van der Waals surface area contributed by atoms with Crippen LogP contribution in [0.3, 0.4) is 0 Å². The lowest BCUT2D eigenvalue weighted by molar-refractivity contribution is 0.133. The summed E-state index contributed by atoms with van der Waals surface area (Å²) in [4.78, 5) is 4.69. The van der Waals surface area contributed by atoms with Crippen LogP contribution in [0.2, 0.25) is 0 Å². The third kappa shape index (κ3) is 3.90. The Balaban J connectivity index is 1.55. The first-order valence-electron chi connectivity index (χ1n) is 11.0. The number of H-pyrrole nitrogens is 1. The molecule has 172 valence electrons. The van der Waals surface area contributed by atoms with Crippen molar-refractivity contribution < 1.29 is 8.78 Å². The molecule has 4 heterocycles. The molecule has 1 fully saturated rings. The van der Waals surface area contributed by atoms with Crippen LogP contribution in [0.5, 0.6) is 0 Å². The van der Waals surface area contributed by atoms with E-state index in [4.69, 9.17) is 4.98 Å². The molecule has 0 amide bonds. The van der Waals surface area contributed by atoms with Crippen molar-refractivity contribution in [2.75, 3.05) is 0 Å². The summed E-state index contributed by atoms with van der Waals surface area (Å²) in [6.45, 7) is 10.7. The highest BCUT2D eigenvalue weighted by Crippen LogP contribution is 2.38. The summed E-state index contributed by atoms with van der Waals surface area (Å²) in [6.07, 6.45) is 4.80. The van der Waals surface area contributed by atoms with Crippen LogP contribution in [-0.4, -0.2) is 41.0 Å². The van der Waals surface area contributed by atoms with Gasteiger partial charge in [0.2, 0.25) is 0 Å². The Labute approximate surface area is 190 Å². The molecule has 5 rings (SSSR count). The number of hydrogen-bond acceptors (Lipinski definition) is 5. The SMILES string of the molecule is Cc1nc2cc(-c3cc(F)c(-c4cn[nH]c4)cc3F)nnc2n1C1CC(C)(C)NC(C)(C)C1. The molecular weight excluding hydrogens is 424 g/mol. The van der Waals surface area contributed by atoms with E-state index in [0.717, 1.165) is 30.8 Å². The van der Waals surface area contributed by atoms with Crippen LogP contribution in [0.1, 0.15) is 52.4 Å². The number of halogens is 2. The topological polar surface area (TPSA) is 84.3 Å². The molecule has 0 radical (unpaired) electrons. The third-order valence-corrected chi connectivity index (χ3v) is 6.29. The number of imidazole rings is 1. The summed E-state index contributed by atoms with van der Waals surface area (Å²) in [7, 11) is 0. The predicted molar refractivity (Wildman–Crippen MR) is 123 cm³/mol. The van der Waals surface area contributed by atoms with Crippen molar-refractivity contribution in [3.05, 3.63) is 48.1 Å². The maximum Gasteiger partial charge on any atom is 0.182 e. The fraction of sp³-hybridized carbons (Fsp3) is 0.417. The van der Waals surface area contributed by atoms with Gasteiger partial charge in [-0.15, -0.1) is 10.2 Å². The van der Waals surface area contributed by atoms with E-state index in [-0.39, 0.29) is 33.9 Å². The molecule has 0 unspecified atom stereocenters. The van der Waals surface area contributed by atoms with E-state index in [1.807, 2.05) is 6.92 Å². The first-order chi connectivity index (χ1) is 15.5. The highest BCUT2D eigenvalue weighted by Gasteiger charge is 2.39. The normalized spacial score (nSPS) is 18.2. The number of aryl methyl sites for hydroxylation is 1. The lowest BCUT2D eigenvalue weighted by atomic mass is 9.79. The van der Waals surface area contributed by atoms with E-state index in [1.54, 1.807) is 6.07 Å². The Bertz CT molecular complexity index is 1320. The highest BCUT2D eigenvalue weighted by molar-refractivity contribution is 5.78. The van der Waals surface area contributed by atoms with E-state index >= 15 is 0 Å². The Morgan fingerprint density at radius 3 is 2.30 bits per heavy atom. The lowest BCUT2D eigenvalue weighted by Crippen LogP contribution is -2.58. The molecular formula is C24H27F2N7. The van der Waals surface area contributed by atoms with Crippen LogP contribution in [0.15, 0.2) is 30.6 Å². The summed E-state index contributed by atoms with van der Waals surface area (Å²) in [5.74, 6) is -0.313. The van der Waals surface area contributed by atoms with Gasteiger partial charge >= 0.3 is 0 Å². The van der Waals surface area contributed by atoms with Gasteiger partial charge in [0.05, 0.1) is 11.9 Å². The van der Waals surface area contributed by atoms with E-state index in [0.29, 0.717) is 16.7 Å². The molecule has 1 aliphatic rings. The molecule has 1 aromatic carbocycles. The average Bonchev–Trinajstić information content (AvgIpc) is 3.33. The van der Waals surface area contributed by atoms with Gasteiger partial charge in [-0.3, -0.25) is 5.10 Å². The average molecular weight is 452 g/mol. The quantitative estimate of drug-likeness (QED) is 0.460. The van der Waals surface area contributed by atoms with Crippen molar-refractivity contribution in [1.29, 1.82) is 0 Å². The van der Waals surface area contributed by atoms with Crippen molar-refractivity contribution in [2.24, 2.45) is 0 Å². The molecule has 2 N–H and O–H groups in total. The summed E-state index contributed by atoms with van der Waals surface area (Å²) >= 11 is 0. The molecule has 1 saturated heterocycles. The Kier molecular flexibility index (Phi) is 4.86. The van der Waals surface area contributed by atoms with Gasteiger partial charge in [0, 0.05) is 40.0 Å². The van der Waals surface area contributed by atoms with E-state index in [1.165, 1.54) is 12.4 Å². The van der Waals surface area contributed by atoms with E-state index in [9.17, 15) is 8.78 Å². The van der Waals surface area contributed by atoms with Gasteiger partial charge in [-0.1, -0.05) is 0 Å². The number of fused-ring (bicyclic) bond motifs is 1. The maximum atomic E-state index is 15.0. The second-order valence-electron chi connectivity index (χ2n) is 10.2. The number of hydrogen-bond donors (Lipinski definition) is 2. The first-order valence-corrected chi connectivity index (χ1v) is 11.0. The Morgan fingerprint density at radius 1 is 0.970 bits per heavy atom. The first kappa shape index (κ1) is 21.6. The van der Waals surface area contributed by atoms with Gasteiger partial charge in [0.15, 0.2) is 5.65 Å². The summed E-state index contributed by atoms with van der Waals surface area (Å²) < 4.78 is 31.9. The van der Waals surface area contributed by atoms with E-state index in [2.05, 4.69) is 58.0 Å². The zero-order chi connectivity index (χ0) is 23.5. The molecule has 9 heteroatoms. The monoisotopic (exact) mass is 451 g/mol. The Hall–Kier alpha value is -3.20. The van der Waals surface area contributed by atoms with E-state index < -0.39 is 11.6 Å². The molecule has 3 aromatic heterocycles. The van der Waals surface area contributed by atoms with Gasteiger partial charge in [-0.25, -0.2) is 13.8 Å². The Morgan fingerprint density at radius 2 is 1.64 bits per heavy atom. The van der Waals surface area contributed by atoms with Gasteiger partial charge in [-0.05, 0) is 65.7 Å². The zero-order valence-corrected chi connectivity index (χ0v) is 19.4. The van der Waals surface area contributed by atoms with Crippen LogP contribution in [0.25, 0.3) is 33.5 Å². The second-order valence-corrected chi connectivity index (χ2v) is 10.2. The smallest absolute Gasteiger partial charge is 0.182 e. The highest BCUT2D eigenvalue weighted by atomic mass is 19.1. The fourth-order valence-corrected chi connectivity index (χ4v) is 5.39. The van der Waals surface area contributed by atoms with Gasteiger partial charge in [0.1, 0.15) is 23.0 Å². The lowest BCUT2D eigenvalue weighted by Gasteiger charge is -2.47. The molecule has 33 heavy (non-hydrogen) atoms. The molecule has 0 bridgehead atoms.